The van der Waals surface area contributed by atoms with Crippen LogP contribution in [0, 0.1) is 0 Å². The number of nitrogens with zero attached hydrogens (tertiary/aromatic N) is 1. The largest absolute Gasteiger partial charge is 0.496 e. The Morgan fingerprint density at radius 1 is 1.50 bits per heavy atom. The highest BCUT2D eigenvalue weighted by Gasteiger charge is 2.21. The summed E-state index contributed by atoms with van der Waals surface area (Å²) < 4.78 is 10.8. The van der Waals surface area contributed by atoms with Gasteiger partial charge in [0.25, 0.3) is 0 Å². The van der Waals surface area contributed by atoms with E-state index in [1.165, 1.54) is 0 Å². The van der Waals surface area contributed by atoms with Crippen LogP contribution in [0.3, 0.4) is 0 Å². The van der Waals surface area contributed by atoms with Crippen molar-refractivity contribution >= 4 is 0 Å². The summed E-state index contributed by atoms with van der Waals surface area (Å²) >= 11 is 0. The fourth-order valence-corrected chi connectivity index (χ4v) is 2.34. The van der Waals surface area contributed by atoms with Crippen LogP contribution in [-0.4, -0.2) is 49.5 Å². The summed E-state index contributed by atoms with van der Waals surface area (Å²) in [6, 6.07) is 7.61. The number of benzene rings is 1. The molecule has 1 aliphatic heterocycles. The zero-order valence-electron chi connectivity index (χ0n) is 11.0. The number of para-hydroxylation sites is 1. The molecule has 100 valence electrons. The Morgan fingerprint density at radius 2 is 2.28 bits per heavy atom. The second-order valence-electron chi connectivity index (χ2n) is 4.70. The van der Waals surface area contributed by atoms with E-state index in [2.05, 4.69) is 11.8 Å². The fourth-order valence-electron chi connectivity index (χ4n) is 2.34. The molecule has 2 rings (SSSR count). The van der Waals surface area contributed by atoms with E-state index in [0.29, 0.717) is 6.54 Å². The number of hydrogen-bond donors (Lipinski definition) is 1. The molecule has 2 atom stereocenters. The molecule has 4 nitrogen and oxygen atoms in total. The quantitative estimate of drug-likeness (QED) is 0.879. The predicted molar refractivity (Wildman–Crippen MR) is 69.8 cm³/mol. The first-order valence-corrected chi connectivity index (χ1v) is 6.35. The lowest BCUT2D eigenvalue weighted by atomic mass is 10.1. The molecule has 1 aromatic rings. The van der Waals surface area contributed by atoms with E-state index in [-0.39, 0.29) is 6.10 Å². The van der Waals surface area contributed by atoms with Gasteiger partial charge in [-0.1, -0.05) is 18.2 Å². The molecular formula is C14H21NO3. The van der Waals surface area contributed by atoms with Gasteiger partial charge in [-0.05, 0) is 13.0 Å². The highest BCUT2D eigenvalue weighted by molar-refractivity contribution is 5.35. The minimum Gasteiger partial charge on any atom is -0.496 e. The van der Waals surface area contributed by atoms with Crippen molar-refractivity contribution in [3.63, 3.8) is 0 Å². The smallest absolute Gasteiger partial charge is 0.124 e. The number of hydrogen-bond acceptors (Lipinski definition) is 4. The van der Waals surface area contributed by atoms with Crippen molar-refractivity contribution < 1.29 is 14.6 Å². The first kappa shape index (κ1) is 13.3. The van der Waals surface area contributed by atoms with Crippen LogP contribution >= 0.6 is 0 Å². The van der Waals surface area contributed by atoms with Gasteiger partial charge in [0.05, 0.1) is 25.9 Å². The molecule has 1 aromatic carbocycles. The number of aliphatic hydroxyl groups excluding tert-OH is 1. The Morgan fingerprint density at radius 3 is 3.00 bits per heavy atom. The highest BCUT2D eigenvalue weighted by Crippen LogP contribution is 2.25. The number of morpholine rings is 1. The molecule has 1 fully saturated rings. The minimum absolute atomic E-state index is 0.239. The van der Waals surface area contributed by atoms with Crippen molar-refractivity contribution in [1.29, 1.82) is 0 Å². The predicted octanol–water partition coefficient (Wildman–Crippen LogP) is 1.45. The third-order valence-electron chi connectivity index (χ3n) is 3.25. The van der Waals surface area contributed by atoms with Crippen LogP contribution in [0.4, 0.5) is 0 Å². The van der Waals surface area contributed by atoms with Crippen molar-refractivity contribution in [3.05, 3.63) is 29.8 Å². The average Bonchev–Trinajstić information content (AvgIpc) is 2.38. The minimum atomic E-state index is -0.522. The third-order valence-corrected chi connectivity index (χ3v) is 3.25. The standard InChI is InChI=1S/C14H21NO3/c1-11-9-15(7-8-18-11)10-13(16)12-5-3-4-6-14(12)17-2/h3-6,11,13,16H,7-10H2,1-2H3. The molecule has 1 aliphatic rings. The molecule has 0 amide bonds. The summed E-state index contributed by atoms with van der Waals surface area (Å²) in [6.45, 7) is 5.15. The van der Waals surface area contributed by atoms with E-state index >= 15 is 0 Å². The van der Waals surface area contributed by atoms with E-state index in [0.717, 1.165) is 31.0 Å². The molecule has 18 heavy (non-hydrogen) atoms. The highest BCUT2D eigenvalue weighted by atomic mass is 16.5. The van der Waals surface area contributed by atoms with Crippen molar-refractivity contribution in [2.24, 2.45) is 0 Å². The zero-order chi connectivity index (χ0) is 13.0. The third kappa shape index (κ3) is 3.22. The summed E-state index contributed by atoms with van der Waals surface area (Å²) in [6.07, 6.45) is -0.282. The lowest BCUT2D eigenvalue weighted by Gasteiger charge is -2.32. The Hall–Kier alpha value is -1.10. The van der Waals surface area contributed by atoms with Gasteiger partial charge in [0.15, 0.2) is 0 Å². The topological polar surface area (TPSA) is 41.9 Å². The molecule has 1 heterocycles. The second kappa shape index (κ2) is 6.18. The molecule has 0 radical (unpaired) electrons. The molecule has 0 aromatic heterocycles. The van der Waals surface area contributed by atoms with Gasteiger partial charge in [0.2, 0.25) is 0 Å². The van der Waals surface area contributed by atoms with Crippen LogP contribution in [0.25, 0.3) is 0 Å². The maximum absolute atomic E-state index is 10.3. The first-order chi connectivity index (χ1) is 8.70. The molecule has 4 heteroatoms. The molecular weight excluding hydrogens is 230 g/mol. The van der Waals surface area contributed by atoms with Crippen LogP contribution < -0.4 is 4.74 Å². The van der Waals surface area contributed by atoms with Gasteiger partial charge in [-0.3, -0.25) is 4.90 Å². The first-order valence-electron chi connectivity index (χ1n) is 6.35. The Bertz CT molecular complexity index is 383. The molecule has 0 bridgehead atoms. The van der Waals surface area contributed by atoms with E-state index in [1.54, 1.807) is 7.11 Å². The van der Waals surface area contributed by atoms with E-state index in [9.17, 15) is 5.11 Å². The van der Waals surface area contributed by atoms with E-state index in [1.807, 2.05) is 24.3 Å². The molecule has 1 saturated heterocycles. The van der Waals surface area contributed by atoms with Gasteiger partial charge >= 0.3 is 0 Å². The van der Waals surface area contributed by atoms with Crippen LogP contribution in [0.1, 0.15) is 18.6 Å². The summed E-state index contributed by atoms with van der Waals surface area (Å²) in [4.78, 5) is 2.23. The maximum Gasteiger partial charge on any atom is 0.124 e. The number of rotatable bonds is 4. The van der Waals surface area contributed by atoms with Crippen LogP contribution in [0.2, 0.25) is 0 Å². The summed E-state index contributed by atoms with van der Waals surface area (Å²) in [5.74, 6) is 0.742. The number of aliphatic hydroxyl groups is 1. The lowest BCUT2D eigenvalue weighted by Crippen LogP contribution is -2.42. The van der Waals surface area contributed by atoms with E-state index < -0.39 is 6.10 Å². The van der Waals surface area contributed by atoms with Gasteiger partial charge in [-0.15, -0.1) is 0 Å². The van der Waals surface area contributed by atoms with Gasteiger partial charge in [-0.2, -0.15) is 0 Å². The number of β-amino-alcohol motifs (C(OH)–C–C–N with tert-alkyl or cyclic N) is 1. The van der Waals surface area contributed by atoms with Crippen molar-refractivity contribution in [2.75, 3.05) is 33.4 Å². The Kier molecular flexibility index (Phi) is 4.58. The lowest BCUT2D eigenvalue weighted by molar-refractivity contribution is -0.0320. The second-order valence-corrected chi connectivity index (χ2v) is 4.70. The average molecular weight is 251 g/mol. The summed E-state index contributed by atoms with van der Waals surface area (Å²) in [5.41, 5.74) is 0.846. The van der Waals surface area contributed by atoms with Crippen LogP contribution in [0.15, 0.2) is 24.3 Å². The van der Waals surface area contributed by atoms with Gasteiger partial charge in [0.1, 0.15) is 5.75 Å². The van der Waals surface area contributed by atoms with Crippen molar-refractivity contribution in [1.82, 2.24) is 4.90 Å². The van der Waals surface area contributed by atoms with Crippen LogP contribution in [0.5, 0.6) is 5.75 Å². The molecule has 0 saturated carbocycles. The molecule has 0 aliphatic carbocycles. The normalized spacial score (nSPS) is 22.7. The Labute approximate surface area is 108 Å². The van der Waals surface area contributed by atoms with Gasteiger partial charge in [-0.25, -0.2) is 0 Å². The van der Waals surface area contributed by atoms with Crippen molar-refractivity contribution in [3.8, 4) is 5.75 Å². The fraction of sp³-hybridized carbons (Fsp3) is 0.571. The van der Waals surface area contributed by atoms with Crippen LogP contribution in [-0.2, 0) is 4.74 Å². The molecule has 0 spiro atoms. The summed E-state index contributed by atoms with van der Waals surface area (Å²) in [7, 11) is 1.63. The zero-order valence-corrected chi connectivity index (χ0v) is 11.0. The number of methoxy groups -OCH3 is 1. The van der Waals surface area contributed by atoms with Gasteiger partial charge in [0, 0.05) is 25.2 Å². The van der Waals surface area contributed by atoms with E-state index in [4.69, 9.17) is 9.47 Å². The number of ether oxygens (including phenoxy) is 2. The monoisotopic (exact) mass is 251 g/mol. The SMILES string of the molecule is COc1ccccc1C(O)CN1CCOC(C)C1. The maximum atomic E-state index is 10.3. The Balaban J connectivity index is 2.00. The van der Waals surface area contributed by atoms with Crippen molar-refractivity contribution in [2.45, 2.75) is 19.1 Å². The summed E-state index contributed by atoms with van der Waals surface area (Å²) in [5, 5.41) is 10.3. The molecule has 1 N–H and O–H groups in total. The van der Waals surface area contributed by atoms with Gasteiger partial charge < -0.3 is 14.6 Å². The molecule has 2 unspecified atom stereocenters.